The second kappa shape index (κ2) is 8.98. The first-order valence-electron chi connectivity index (χ1n) is 10.6. The molecule has 2 aromatic heterocycles. The van der Waals surface area contributed by atoms with E-state index in [1.807, 2.05) is 18.2 Å². The average Bonchev–Trinajstić information content (AvgIpc) is 3.12. The van der Waals surface area contributed by atoms with E-state index in [2.05, 4.69) is 18.8 Å². The molecule has 3 heterocycles. The minimum atomic E-state index is -0.663. The Labute approximate surface area is 180 Å². The van der Waals surface area contributed by atoms with Crippen LogP contribution in [0.15, 0.2) is 48.7 Å². The van der Waals surface area contributed by atoms with Crippen LogP contribution in [0.3, 0.4) is 0 Å². The summed E-state index contributed by atoms with van der Waals surface area (Å²) in [5.74, 6) is 0.158. The summed E-state index contributed by atoms with van der Waals surface area (Å²) in [5, 5.41) is 14.8. The Balaban J connectivity index is 1.77. The van der Waals surface area contributed by atoms with Crippen molar-refractivity contribution in [2.75, 3.05) is 0 Å². The molecular weight excluding hydrogens is 397 g/mol. The number of aliphatic hydroxyl groups is 1. The molecular formula is C24H26FN3O3. The molecule has 0 spiro atoms. The molecule has 1 saturated heterocycles. The maximum Gasteiger partial charge on any atom is 0.308 e. The van der Waals surface area contributed by atoms with E-state index >= 15 is 0 Å². The predicted molar refractivity (Wildman–Crippen MR) is 114 cm³/mol. The fourth-order valence-corrected chi connectivity index (χ4v) is 4.07. The molecule has 6 nitrogen and oxygen atoms in total. The third-order valence-corrected chi connectivity index (χ3v) is 5.50. The van der Waals surface area contributed by atoms with Gasteiger partial charge >= 0.3 is 5.97 Å². The number of esters is 1. The third-order valence-electron chi connectivity index (χ3n) is 5.50. The lowest BCUT2D eigenvalue weighted by Crippen LogP contribution is -2.32. The number of nitrogens with zero attached hydrogens (tertiary/aromatic N) is 3. The largest absolute Gasteiger partial charge is 0.462 e. The number of aromatic nitrogens is 3. The Hall–Kier alpha value is -3.06. The Kier molecular flexibility index (Phi) is 6.13. The van der Waals surface area contributed by atoms with Gasteiger partial charge in [-0.15, -0.1) is 0 Å². The highest BCUT2D eigenvalue weighted by atomic mass is 19.1. The van der Waals surface area contributed by atoms with Crippen molar-refractivity contribution in [1.82, 2.24) is 14.8 Å². The van der Waals surface area contributed by atoms with Crippen LogP contribution < -0.4 is 0 Å². The number of halogens is 1. The summed E-state index contributed by atoms with van der Waals surface area (Å²) in [6, 6.07) is 12.0. The molecule has 2 atom stereocenters. The van der Waals surface area contributed by atoms with E-state index in [4.69, 9.17) is 9.84 Å². The fourth-order valence-electron chi connectivity index (χ4n) is 4.07. The summed E-state index contributed by atoms with van der Waals surface area (Å²) in [6.45, 7) is 4.15. The van der Waals surface area contributed by atoms with Crippen molar-refractivity contribution in [3.8, 4) is 17.1 Å². The van der Waals surface area contributed by atoms with E-state index < -0.39 is 6.10 Å². The molecule has 7 heteroatoms. The van der Waals surface area contributed by atoms with Crippen LogP contribution in [0.2, 0.25) is 0 Å². The smallest absolute Gasteiger partial charge is 0.308 e. The van der Waals surface area contributed by atoms with E-state index in [1.165, 1.54) is 12.1 Å². The van der Waals surface area contributed by atoms with Crippen molar-refractivity contribution in [3.63, 3.8) is 0 Å². The number of rotatable bonds is 6. The number of ether oxygens (including phenoxy) is 1. The molecule has 1 N–H and O–H groups in total. The van der Waals surface area contributed by atoms with Crippen molar-refractivity contribution < 1.29 is 19.0 Å². The summed E-state index contributed by atoms with van der Waals surface area (Å²) in [5.41, 5.74) is 3.63. The van der Waals surface area contributed by atoms with Gasteiger partial charge in [-0.25, -0.2) is 14.1 Å². The van der Waals surface area contributed by atoms with Gasteiger partial charge in [0.1, 0.15) is 11.9 Å². The van der Waals surface area contributed by atoms with Gasteiger partial charge in [-0.05, 0) is 55.2 Å². The first-order chi connectivity index (χ1) is 14.9. The molecule has 3 aromatic rings. The number of pyridine rings is 1. The topological polar surface area (TPSA) is 77.2 Å². The highest BCUT2D eigenvalue weighted by Crippen LogP contribution is 2.34. The number of carbonyl (C=O) groups excluding carboxylic acids is 1. The van der Waals surface area contributed by atoms with Crippen molar-refractivity contribution >= 4 is 5.97 Å². The number of benzene rings is 1. The summed E-state index contributed by atoms with van der Waals surface area (Å²) in [4.78, 5) is 16.2. The quantitative estimate of drug-likeness (QED) is 0.602. The van der Waals surface area contributed by atoms with Gasteiger partial charge in [-0.2, -0.15) is 5.10 Å². The first-order valence-corrected chi connectivity index (χ1v) is 10.6. The molecule has 0 saturated carbocycles. The Bertz CT molecular complexity index is 1050. The van der Waals surface area contributed by atoms with E-state index in [9.17, 15) is 14.3 Å². The molecule has 0 amide bonds. The fraction of sp³-hybridized carbons (Fsp3) is 0.375. The zero-order valence-corrected chi connectivity index (χ0v) is 17.7. The Morgan fingerprint density at radius 1 is 1.23 bits per heavy atom. The number of aliphatic hydroxyl groups excluding tert-OH is 1. The van der Waals surface area contributed by atoms with Crippen molar-refractivity contribution in [2.24, 2.45) is 0 Å². The lowest BCUT2D eigenvalue weighted by Gasteiger charge is -2.26. The molecule has 0 radical (unpaired) electrons. The van der Waals surface area contributed by atoms with Crippen LogP contribution in [0.5, 0.6) is 0 Å². The number of cyclic esters (lactones) is 1. The number of hydrogen-bond acceptors (Lipinski definition) is 5. The summed E-state index contributed by atoms with van der Waals surface area (Å²) in [7, 11) is 0. The number of carbonyl (C=O) groups is 1. The maximum atomic E-state index is 13.6. The van der Waals surface area contributed by atoms with E-state index in [1.54, 1.807) is 23.0 Å². The van der Waals surface area contributed by atoms with Gasteiger partial charge in [-0.3, -0.25) is 4.79 Å². The van der Waals surface area contributed by atoms with Gasteiger partial charge in [0.15, 0.2) is 5.82 Å². The molecule has 1 fully saturated rings. The van der Waals surface area contributed by atoms with E-state index in [-0.39, 0.29) is 30.2 Å². The molecule has 1 aromatic carbocycles. The molecule has 162 valence electrons. The first kappa shape index (κ1) is 21.2. The van der Waals surface area contributed by atoms with Crippen LogP contribution in [-0.2, 0) is 16.0 Å². The lowest BCUT2D eigenvalue weighted by atomic mass is 9.93. The molecule has 1 aliphatic rings. The van der Waals surface area contributed by atoms with Crippen LogP contribution in [0.4, 0.5) is 4.39 Å². The molecule has 31 heavy (non-hydrogen) atoms. The van der Waals surface area contributed by atoms with Gasteiger partial charge < -0.3 is 9.84 Å². The second-order valence-electron chi connectivity index (χ2n) is 8.22. The van der Waals surface area contributed by atoms with Gasteiger partial charge in [-0.1, -0.05) is 19.9 Å². The van der Waals surface area contributed by atoms with E-state index in [0.717, 1.165) is 22.5 Å². The van der Waals surface area contributed by atoms with Gasteiger partial charge in [0.2, 0.25) is 0 Å². The standard InChI is InChI=1S/C24H26FN3O3/c1-15(2)23-20(11-10-19-13-18(29)14-22(30)31-19)24(16-6-8-17(25)9-7-16)28(27-23)21-5-3-4-12-26-21/h3-9,12,15,18-19,29H,10-11,13-14H2,1-2H3/t18-,19?/m1/s1. The monoisotopic (exact) mass is 423 g/mol. The Morgan fingerprint density at radius 3 is 2.65 bits per heavy atom. The van der Waals surface area contributed by atoms with Crippen molar-refractivity contribution in [2.45, 2.75) is 57.7 Å². The zero-order chi connectivity index (χ0) is 22.0. The Morgan fingerprint density at radius 2 is 2.00 bits per heavy atom. The van der Waals surface area contributed by atoms with Crippen LogP contribution in [0.25, 0.3) is 17.1 Å². The van der Waals surface area contributed by atoms with Crippen molar-refractivity contribution in [1.29, 1.82) is 0 Å². The van der Waals surface area contributed by atoms with E-state index in [0.29, 0.717) is 25.1 Å². The molecule has 1 unspecified atom stereocenters. The molecule has 4 rings (SSSR count). The maximum absolute atomic E-state index is 13.6. The van der Waals surface area contributed by atoms with Crippen molar-refractivity contribution in [3.05, 3.63) is 65.7 Å². The minimum Gasteiger partial charge on any atom is -0.462 e. The van der Waals surface area contributed by atoms with Crippen LogP contribution in [0, 0.1) is 5.82 Å². The zero-order valence-electron chi connectivity index (χ0n) is 17.7. The molecule has 0 aliphatic carbocycles. The summed E-state index contributed by atoms with van der Waals surface area (Å²) >= 11 is 0. The van der Waals surface area contributed by atoms with Gasteiger partial charge in [0.25, 0.3) is 0 Å². The highest BCUT2D eigenvalue weighted by Gasteiger charge is 2.29. The summed E-state index contributed by atoms with van der Waals surface area (Å²) in [6.07, 6.45) is 2.37. The predicted octanol–water partition coefficient (Wildman–Crippen LogP) is 4.20. The van der Waals surface area contributed by atoms with Crippen LogP contribution >= 0.6 is 0 Å². The molecule has 1 aliphatic heterocycles. The van der Waals surface area contributed by atoms with Crippen LogP contribution in [0.1, 0.15) is 50.3 Å². The minimum absolute atomic E-state index is 0.0478. The normalized spacial score (nSPS) is 18.9. The molecule has 0 bridgehead atoms. The summed E-state index contributed by atoms with van der Waals surface area (Å²) < 4.78 is 20.9. The highest BCUT2D eigenvalue weighted by molar-refractivity contribution is 5.71. The third kappa shape index (κ3) is 4.66. The lowest BCUT2D eigenvalue weighted by molar-refractivity contribution is -0.160. The average molecular weight is 423 g/mol. The number of hydrogen-bond donors (Lipinski definition) is 1. The van der Waals surface area contributed by atoms with Gasteiger partial charge in [0, 0.05) is 23.7 Å². The SMILES string of the molecule is CC(C)c1nn(-c2ccccn2)c(-c2ccc(F)cc2)c1CCC1C[C@@H](O)CC(=O)O1. The second-order valence-corrected chi connectivity index (χ2v) is 8.22. The van der Waals surface area contributed by atoms with Gasteiger partial charge in [0.05, 0.1) is 23.9 Å². The van der Waals surface area contributed by atoms with Crippen LogP contribution in [-0.4, -0.2) is 38.0 Å².